The van der Waals surface area contributed by atoms with Crippen LogP contribution in [0.4, 0.5) is 5.69 Å². The van der Waals surface area contributed by atoms with E-state index in [1.807, 2.05) is 0 Å². The normalized spacial score (nSPS) is 18.0. The van der Waals surface area contributed by atoms with Crippen molar-refractivity contribution in [3.8, 4) is 11.5 Å². The predicted octanol–water partition coefficient (Wildman–Crippen LogP) is 2.55. The Balaban J connectivity index is 2.36. The summed E-state index contributed by atoms with van der Waals surface area (Å²) >= 11 is 1.18. The van der Waals surface area contributed by atoms with Crippen LogP contribution in [0.15, 0.2) is 23.2 Å². The minimum Gasteiger partial charge on any atom is -0.493 e. The van der Waals surface area contributed by atoms with E-state index in [-0.39, 0.29) is 5.04 Å². The SMILES string of the molecule is COc1ccc(N=C(SC)C2C(=O)OC(C)(C)OC2=O)cc1OC. The van der Waals surface area contributed by atoms with Crippen LogP contribution in [0.5, 0.6) is 11.5 Å². The lowest BCUT2D eigenvalue weighted by Gasteiger charge is -2.32. The third-order valence-corrected chi connectivity index (χ3v) is 3.97. The van der Waals surface area contributed by atoms with E-state index in [0.717, 1.165) is 0 Å². The van der Waals surface area contributed by atoms with E-state index < -0.39 is 23.6 Å². The predicted molar refractivity (Wildman–Crippen MR) is 89.9 cm³/mol. The Bertz CT molecular complexity index is 665. The van der Waals surface area contributed by atoms with E-state index >= 15 is 0 Å². The molecule has 0 atom stereocenters. The number of hydrogen-bond acceptors (Lipinski definition) is 8. The number of esters is 2. The molecule has 2 rings (SSSR count). The highest BCUT2D eigenvalue weighted by molar-refractivity contribution is 8.13. The van der Waals surface area contributed by atoms with Gasteiger partial charge in [-0.1, -0.05) is 0 Å². The largest absolute Gasteiger partial charge is 0.493 e. The van der Waals surface area contributed by atoms with Gasteiger partial charge in [-0.15, -0.1) is 11.8 Å². The molecule has 0 saturated carbocycles. The first-order valence-corrected chi connectivity index (χ1v) is 8.34. The second-order valence-electron chi connectivity index (χ2n) is 5.37. The first-order chi connectivity index (χ1) is 11.3. The van der Waals surface area contributed by atoms with E-state index in [0.29, 0.717) is 17.2 Å². The van der Waals surface area contributed by atoms with Crippen molar-refractivity contribution in [1.82, 2.24) is 0 Å². The van der Waals surface area contributed by atoms with Gasteiger partial charge in [0.2, 0.25) is 5.92 Å². The number of rotatable bonds is 4. The van der Waals surface area contributed by atoms with Crippen LogP contribution in [-0.2, 0) is 19.1 Å². The molecule has 0 N–H and O–H groups in total. The third kappa shape index (κ3) is 3.81. The van der Waals surface area contributed by atoms with E-state index in [4.69, 9.17) is 18.9 Å². The van der Waals surface area contributed by atoms with E-state index in [2.05, 4.69) is 4.99 Å². The molecule has 0 aliphatic carbocycles. The monoisotopic (exact) mass is 353 g/mol. The lowest BCUT2D eigenvalue weighted by molar-refractivity contribution is -0.235. The number of benzene rings is 1. The van der Waals surface area contributed by atoms with Gasteiger partial charge in [0.25, 0.3) is 5.79 Å². The molecule has 130 valence electrons. The fourth-order valence-corrected chi connectivity index (χ4v) is 2.80. The fraction of sp³-hybridized carbons (Fsp3) is 0.438. The summed E-state index contributed by atoms with van der Waals surface area (Å²) in [6.45, 7) is 3.01. The molecule has 0 spiro atoms. The Labute approximate surface area is 144 Å². The fourth-order valence-electron chi connectivity index (χ4n) is 2.17. The molecular weight excluding hydrogens is 334 g/mol. The topological polar surface area (TPSA) is 83.4 Å². The Morgan fingerprint density at radius 2 is 1.71 bits per heavy atom. The molecule has 1 saturated heterocycles. The van der Waals surface area contributed by atoms with E-state index in [1.165, 1.54) is 39.8 Å². The van der Waals surface area contributed by atoms with Gasteiger partial charge in [-0.2, -0.15) is 0 Å². The van der Waals surface area contributed by atoms with Gasteiger partial charge in [-0.05, 0) is 18.4 Å². The van der Waals surface area contributed by atoms with Crippen molar-refractivity contribution in [2.75, 3.05) is 20.5 Å². The Morgan fingerprint density at radius 1 is 1.12 bits per heavy atom. The first-order valence-electron chi connectivity index (χ1n) is 7.11. The van der Waals surface area contributed by atoms with Gasteiger partial charge in [0, 0.05) is 19.9 Å². The van der Waals surface area contributed by atoms with Crippen molar-refractivity contribution in [1.29, 1.82) is 0 Å². The molecule has 7 nitrogen and oxygen atoms in total. The number of thioether (sulfide) groups is 1. The number of carbonyl (C=O) groups excluding carboxylic acids is 2. The molecular formula is C16H19NO6S. The molecule has 0 radical (unpaired) electrons. The number of aliphatic imine (C=N–C) groups is 1. The van der Waals surface area contributed by atoms with Crippen molar-refractivity contribution in [2.45, 2.75) is 19.6 Å². The van der Waals surface area contributed by atoms with E-state index in [1.54, 1.807) is 24.5 Å². The van der Waals surface area contributed by atoms with Crippen LogP contribution in [-0.4, -0.2) is 43.2 Å². The quantitative estimate of drug-likeness (QED) is 0.356. The van der Waals surface area contributed by atoms with Crippen molar-refractivity contribution < 1.29 is 28.5 Å². The van der Waals surface area contributed by atoms with Gasteiger partial charge in [-0.25, -0.2) is 4.99 Å². The molecule has 1 aliphatic heterocycles. The van der Waals surface area contributed by atoms with Crippen molar-refractivity contribution >= 4 is 34.4 Å². The molecule has 0 amide bonds. The maximum atomic E-state index is 12.2. The first kappa shape index (κ1) is 18.1. The highest BCUT2D eigenvalue weighted by atomic mass is 32.2. The zero-order valence-electron chi connectivity index (χ0n) is 14.1. The Hall–Kier alpha value is -2.22. The summed E-state index contributed by atoms with van der Waals surface area (Å²) < 4.78 is 20.7. The zero-order chi connectivity index (χ0) is 17.9. The van der Waals surface area contributed by atoms with Crippen LogP contribution in [0.25, 0.3) is 0 Å². The zero-order valence-corrected chi connectivity index (χ0v) is 14.9. The molecule has 8 heteroatoms. The summed E-state index contributed by atoms with van der Waals surface area (Å²) in [5, 5.41) is 0.285. The highest BCUT2D eigenvalue weighted by Gasteiger charge is 2.45. The molecule has 0 bridgehead atoms. The van der Waals surface area contributed by atoms with Crippen LogP contribution >= 0.6 is 11.8 Å². The summed E-state index contributed by atoms with van der Waals surface area (Å²) in [4.78, 5) is 28.7. The van der Waals surface area contributed by atoms with Crippen molar-refractivity contribution in [2.24, 2.45) is 10.9 Å². The second-order valence-corrected chi connectivity index (χ2v) is 6.20. The molecule has 24 heavy (non-hydrogen) atoms. The number of ether oxygens (including phenoxy) is 4. The van der Waals surface area contributed by atoms with Crippen molar-refractivity contribution in [3.63, 3.8) is 0 Å². The highest BCUT2D eigenvalue weighted by Crippen LogP contribution is 2.33. The smallest absolute Gasteiger partial charge is 0.330 e. The minimum absolute atomic E-state index is 0.285. The molecule has 1 aromatic carbocycles. The van der Waals surface area contributed by atoms with Gasteiger partial charge in [-0.3, -0.25) is 9.59 Å². The van der Waals surface area contributed by atoms with Gasteiger partial charge in [0.1, 0.15) is 0 Å². The summed E-state index contributed by atoms with van der Waals surface area (Å²) in [5.74, 6) is -2.76. The lowest BCUT2D eigenvalue weighted by atomic mass is 10.1. The van der Waals surface area contributed by atoms with E-state index in [9.17, 15) is 9.59 Å². The Kier molecular flexibility index (Phi) is 5.38. The number of methoxy groups -OCH3 is 2. The second kappa shape index (κ2) is 7.12. The number of cyclic esters (lactones) is 2. The summed E-state index contributed by atoms with van der Waals surface area (Å²) in [5.41, 5.74) is 0.516. The molecule has 1 fully saturated rings. The number of nitrogens with zero attached hydrogens (tertiary/aromatic N) is 1. The molecule has 1 aliphatic rings. The lowest BCUT2D eigenvalue weighted by Crippen LogP contribution is -2.48. The standard InChI is InChI=1S/C16H19NO6S/c1-16(2)22-14(18)12(15(19)23-16)13(24-5)17-9-6-7-10(20-3)11(8-9)21-4/h6-8,12H,1-5H3. The van der Waals surface area contributed by atoms with Gasteiger partial charge in [0.15, 0.2) is 11.5 Å². The van der Waals surface area contributed by atoms with Gasteiger partial charge >= 0.3 is 11.9 Å². The summed E-state index contributed by atoms with van der Waals surface area (Å²) in [7, 11) is 3.04. The van der Waals surface area contributed by atoms with Crippen LogP contribution in [0, 0.1) is 5.92 Å². The third-order valence-electron chi connectivity index (χ3n) is 3.23. The number of carbonyl (C=O) groups is 2. The van der Waals surface area contributed by atoms with Gasteiger partial charge < -0.3 is 18.9 Å². The summed E-state index contributed by atoms with van der Waals surface area (Å²) in [6, 6.07) is 5.04. The van der Waals surface area contributed by atoms with Crippen LogP contribution in [0.2, 0.25) is 0 Å². The van der Waals surface area contributed by atoms with Crippen LogP contribution in [0.3, 0.4) is 0 Å². The minimum atomic E-state index is -1.27. The maximum absolute atomic E-state index is 12.2. The number of hydrogen-bond donors (Lipinski definition) is 0. The molecule has 1 heterocycles. The molecule has 0 unspecified atom stereocenters. The van der Waals surface area contributed by atoms with Crippen molar-refractivity contribution in [3.05, 3.63) is 18.2 Å². The average Bonchev–Trinajstić information content (AvgIpc) is 2.51. The molecule has 0 aromatic heterocycles. The Morgan fingerprint density at radius 3 is 2.21 bits per heavy atom. The van der Waals surface area contributed by atoms with Crippen LogP contribution < -0.4 is 9.47 Å². The summed E-state index contributed by atoms with van der Waals surface area (Å²) in [6.07, 6.45) is 1.72. The average molecular weight is 353 g/mol. The maximum Gasteiger partial charge on any atom is 0.330 e. The van der Waals surface area contributed by atoms with Crippen LogP contribution in [0.1, 0.15) is 13.8 Å². The molecule has 1 aromatic rings. The van der Waals surface area contributed by atoms with Gasteiger partial charge in [0.05, 0.1) is 25.0 Å².